The van der Waals surface area contributed by atoms with Gasteiger partial charge < -0.3 is 10.2 Å². The van der Waals surface area contributed by atoms with E-state index >= 15 is 0 Å². The Morgan fingerprint density at radius 3 is 3.00 bits per heavy atom. The number of nitrogens with zero attached hydrogens (tertiary/aromatic N) is 1. The molecule has 1 heterocycles. The molecule has 0 radical (unpaired) electrons. The molecule has 86 valence electrons. The Balaban J connectivity index is 2.21. The lowest BCUT2D eigenvalue weighted by molar-refractivity contribution is -0.616. The molecule has 3 nitrogen and oxygen atoms in total. The Labute approximate surface area is 96.5 Å². The SMILES string of the molecule is C[NH2+]CC(=O)N1CCc2ccccc2[C@@H]1C. The number of fused-ring (bicyclic) bond motifs is 1. The van der Waals surface area contributed by atoms with E-state index < -0.39 is 0 Å². The molecule has 0 saturated heterocycles. The maximum Gasteiger partial charge on any atom is 0.278 e. The van der Waals surface area contributed by atoms with Crippen molar-refractivity contribution in [2.24, 2.45) is 0 Å². The molecule has 2 N–H and O–H groups in total. The molecule has 0 aliphatic carbocycles. The fourth-order valence-corrected chi connectivity index (χ4v) is 2.40. The zero-order chi connectivity index (χ0) is 11.5. The van der Waals surface area contributed by atoms with Crippen LogP contribution in [0.3, 0.4) is 0 Å². The second-order valence-electron chi connectivity index (χ2n) is 4.32. The van der Waals surface area contributed by atoms with Gasteiger partial charge in [-0.1, -0.05) is 24.3 Å². The zero-order valence-corrected chi connectivity index (χ0v) is 9.94. The Morgan fingerprint density at radius 1 is 1.50 bits per heavy atom. The molecule has 3 heteroatoms. The number of amides is 1. The summed E-state index contributed by atoms with van der Waals surface area (Å²) in [5, 5.41) is 1.93. The molecule has 0 unspecified atom stereocenters. The second kappa shape index (κ2) is 4.66. The lowest BCUT2D eigenvalue weighted by Crippen LogP contribution is -2.82. The molecule has 0 bridgehead atoms. The van der Waals surface area contributed by atoms with E-state index in [9.17, 15) is 4.79 Å². The molecule has 0 spiro atoms. The molecule has 1 aliphatic rings. The molecule has 0 fully saturated rings. The number of hydrogen-bond donors (Lipinski definition) is 1. The summed E-state index contributed by atoms with van der Waals surface area (Å²) in [5.74, 6) is 0.240. The first kappa shape index (κ1) is 11.1. The van der Waals surface area contributed by atoms with Crippen LogP contribution in [0.4, 0.5) is 0 Å². The molecule has 1 aromatic carbocycles. The molecule has 1 amide bonds. The highest BCUT2D eigenvalue weighted by molar-refractivity contribution is 5.77. The van der Waals surface area contributed by atoms with Gasteiger partial charge >= 0.3 is 0 Å². The molecular formula is C13H19N2O+. The lowest BCUT2D eigenvalue weighted by Gasteiger charge is -2.34. The van der Waals surface area contributed by atoms with E-state index in [0.717, 1.165) is 13.0 Å². The predicted molar refractivity (Wildman–Crippen MR) is 63.0 cm³/mol. The van der Waals surface area contributed by atoms with Crippen LogP contribution in [0.5, 0.6) is 0 Å². The van der Waals surface area contributed by atoms with E-state index in [1.165, 1.54) is 11.1 Å². The molecule has 1 atom stereocenters. The van der Waals surface area contributed by atoms with Crippen molar-refractivity contribution in [1.82, 2.24) is 4.90 Å². The number of hydrogen-bond acceptors (Lipinski definition) is 1. The summed E-state index contributed by atoms with van der Waals surface area (Å²) >= 11 is 0. The predicted octanol–water partition coefficient (Wildman–Crippen LogP) is 0.325. The Kier molecular flexibility index (Phi) is 3.25. The zero-order valence-electron chi connectivity index (χ0n) is 9.94. The molecule has 0 aromatic heterocycles. The van der Waals surface area contributed by atoms with Gasteiger partial charge in [0.25, 0.3) is 5.91 Å². The summed E-state index contributed by atoms with van der Waals surface area (Å²) in [6, 6.07) is 8.64. The number of rotatable bonds is 2. The number of likely N-dealkylation sites (N-methyl/N-ethyl adjacent to an activating group) is 1. The van der Waals surface area contributed by atoms with Crippen molar-refractivity contribution >= 4 is 5.91 Å². The normalized spacial score (nSPS) is 19.4. The van der Waals surface area contributed by atoms with Crippen LogP contribution in [0.25, 0.3) is 0 Å². The van der Waals surface area contributed by atoms with E-state index in [-0.39, 0.29) is 11.9 Å². The van der Waals surface area contributed by atoms with Crippen LogP contribution in [0.2, 0.25) is 0 Å². The van der Waals surface area contributed by atoms with Gasteiger partial charge in [0.05, 0.1) is 13.1 Å². The quantitative estimate of drug-likeness (QED) is 0.764. The second-order valence-corrected chi connectivity index (χ2v) is 4.32. The number of nitrogens with two attached hydrogens (primary N) is 1. The Bertz CT molecular complexity index is 389. The number of quaternary nitrogens is 1. The van der Waals surface area contributed by atoms with Crippen molar-refractivity contribution in [3.63, 3.8) is 0 Å². The fraction of sp³-hybridized carbons (Fsp3) is 0.462. The Hall–Kier alpha value is -1.35. The van der Waals surface area contributed by atoms with E-state index in [4.69, 9.17) is 0 Å². The van der Waals surface area contributed by atoms with Crippen LogP contribution in [-0.4, -0.2) is 30.9 Å². The molecule has 1 aromatic rings. The van der Waals surface area contributed by atoms with Gasteiger partial charge in [-0.3, -0.25) is 4.79 Å². The first-order valence-corrected chi connectivity index (χ1v) is 5.89. The van der Waals surface area contributed by atoms with Crippen molar-refractivity contribution in [3.05, 3.63) is 35.4 Å². The number of benzene rings is 1. The van der Waals surface area contributed by atoms with Crippen LogP contribution in [0.15, 0.2) is 24.3 Å². The summed E-state index contributed by atoms with van der Waals surface area (Å²) in [6.45, 7) is 3.52. The molecule has 2 rings (SSSR count). The lowest BCUT2D eigenvalue weighted by atomic mass is 9.93. The van der Waals surface area contributed by atoms with Gasteiger partial charge in [-0.25, -0.2) is 0 Å². The van der Waals surface area contributed by atoms with Gasteiger partial charge in [0, 0.05) is 6.54 Å². The van der Waals surface area contributed by atoms with Gasteiger partial charge in [-0.2, -0.15) is 0 Å². The maximum atomic E-state index is 11.9. The topological polar surface area (TPSA) is 36.9 Å². The highest BCUT2D eigenvalue weighted by Crippen LogP contribution is 2.28. The number of carbonyl (C=O) groups excluding carboxylic acids is 1. The summed E-state index contributed by atoms with van der Waals surface area (Å²) in [6.07, 6.45) is 0.982. The van der Waals surface area contributed by atoms with Gasteiger partial charge in [0.1, 0.15) is 0 Å². The average molecular weight is 219 g/mol. The average Bonchev–Trinajstić information content (AvgIpc) is 2.30. The minimum absolute atomic E-state index is 0.220. The minimum atomic E-state index is 0.220. The molecule has 16 heavy (non-hydrogen) atoms. The fourth-order valence-electron chi connectivity index (χ4n) is 2.40. The van der Waals surface area contributed by atoms with Gasteiger partial charge in [-0.15, -0.1) is 0 Å². The van der Waals surface area contributed by atoms with Crippen molar-refractivity contribution in [2.75, 3.05) is 20.1 Å². The van der Waals surface area contributed by atoms with Gasteiger partial charge in [0.2, 0.25) is 0 Å². The molecule has 1 aliphatic heterocycles. The third-order valence-electron chi connectivity index (χ3n) is 3.29. The standard InChI is InChI=1S/C13H18N2O/c1-10-12-6-4-3-5-11(12)7-8-15(10)13(16)9-14-2/h3-6,10,14H,7-9H2,1-2H3/p+1/t10-/m0/s1. The Morgan fingerprint density at radius 2 is 2.25 bits per heavy atom. The summed E-state index contributed by atoms with van der Waals surface area (Å²) in [4.78, 5) is 13.9. The summed E-state index contributed by atoms with van der Waals surface area (Å²) in [7, 11) is 1.93. The summed E-state index contributed by atoms with van der Waals surface area (Å²) < 4.78 is 0. The van der Waals surface area contributed by atoms with Crippen LogP contribution < -0.4 is 5.32 Å². The molecule has 0 saturated carbocycles. The minimum Gasteiger partial charge on any atom is -0.341 e. The highest BCUT2D eigenvalue weighted by atomic mass is 16.2. The van der Waals surface area contributed by atoms with Crippen molar-refractivity contribution in [2.45, 2.75) is 19.4 Å². The van der Waals surface area contributed by atoms with Crippen LogP contribution in [0, 0.1) is 0 Å². The van der Waals surface area contributed by atoms with E-state index in [2.05, 4.69) is 31.2 Å². The van der Waals surface area contributed by atoms with Crippen LogP contribution >= 0.6 is 0 Å². The highest BCUT2D eigenvalue weighted by Gasteiger charge is 2.27. The van der Waals surface area contributed by atoms with Crippen molar-refractivity contribution < 1.29 is 10.1 Å². The van der Waals surface area contributed by atoms with E-state index in [1.54, 1.807) is 0 Å². The third kappa shape index (κ3) is 1.95. The largest absolute Gasteiger partial charge is 0.341 e. The third-order valence-corrected chi connectivity index (χ3v) is 3.29. The first-order valence-electron chi connectivity index (χ1n) is 5.89. The maximum absolute atomic E-state index is 11.9. The van der Waals surface area contributed by atoms with Crippen LogP contribution in [0.1, 0.15) is 24.1 Å². The number of carbonyl (C=O) groups is 1. The molecular weight excluding hydrogens is 200 g/mol. The first-order chi connectivity index (χ1) is 7.74. The van der Waals surface area contributed by atoms with Crippen molar-refractivity contribution in [3.8, 4) is 0 Å². The smallest absolute Gasteiger partial charge is 0.278 e. The summed E-state index contributed by atoms with van der Waals surface area (Å²) in [5.41, 5.74) is 2.69. The van der Waals surface area contributed by atoms with Crippen LogP contribution in [-0.2, 0) is 11.2 Å². The van der Waals surface area contributed by atoms with Gasteiger partial charge in [-0.05, 0) is 24.5 Å². The monoisotopic (exact) mass is 219 g/mol. The van der Waals surface area contributed by atoms with Gasteiger partial charge in [0.15, 0.2) is 6.54 Å². The van der Waals surface area contributed by atoms with Crippen molar-refractivity contribution in [1.29, 1.82) is 0 Å². The van der Waals surface area contributed by atoms with E-state index in [1.807, 2.05) is 17.3 Å². The van der Waals surface area contributed by atoms with E-state index in [0.29, 0.717) is 6.54 Å².